The average molecular weight is 224 g/mol. The minimum Gasteiger partial charge on any atom is -0.309 e. The van der Waals surface area contributed by atoms with Gasteiger partial charge in [-0.3, -0.25) is 4.98 Å². The Morgan fingerprint density at radius 3 is 2.47 bits per heavy atom. The zero-order chi connectivity index (χ0) is 11.5. The van der Waals surface area contributed by atoms with Gasteiger partial charge in [-0.25, -0.2) is 0 Å². The van der Waals surface area contributed by atoms with Crippen molar-refractivity contribution in [3.05, 3.63) is 66.0 Å². The lowest BCUT2D eigenvalue weighted by atomic mass is 9.95. The van der Waals surface area contributed by atoms with Crippen LogP contribution in [0.15, 0.2) is 54.9 Å². The minimum atomic E-state index is 0.495. The standard InChI is InChI=1S/C15H16N2/c1-2-4-13(5-3-1)15-10-14(11-17-15)12-6-8-16-9-7-12/h1-9,14-15,17H,10-11H2. The zero-order valence-corrected chi connectivity index (χ0v) is 9.71. The molecule has 3 rings (SSSR count). The van der Waals surface area contributed by atoms with E-state index in [-0.39, 0.29) is 0 Å². The smallest absolute Gasteiger partial charge is 0.0326 e. The van der Waals surface area contributed by atoms with Crippen LogP contribution in [0.3, 0.4) is 0 Å². The van der Waals surface area contributed by atoms with Gasteiger partial charge < -0.3 is 5.32 Å². The maximum atomic E-state index is 4.07. The Morgan fingerprint density at radius 1 is 0.941 bits per heavy atom. The molecule has 2 aromatic rings. The second-order valence-corrected chi connectivity index (χ2v) is 4.58. The van der Waals surface area contributed by atoms with Crippen molar-refractivity contribution in [2.24, 2.45) is 0 Å². The number of hydrogen-bond donors (Lipinski definition) is 1. The monoisotopic (exact) mass is 224 g/mol. The first kappa shape index (κ1) is 10.5. The lowest BCUT2D eigenvalue weighted by Crippen LogP contribution is -2.13. The second-order valence-electron chi connectivity index (χ2n) is 4.58. The SMILES string of the molecule is c1ccc(C2CC(c3ccncc3)CN2)cc1. The number of nitrogens with one attached hydrogen (secondary N) is 1. The molecule has 1 aromatic carbocycles. The van der Waals surface area contributed by atoms with E-state index >= 15 is 0 Å². The molecular formula is C15H16N2. The summed E-state index contributed by atoms with van der Waals surface area (Å²) in [5.41, 5.74) is 2.79. The first-order valence-electron chi connectivity index (χ1n) is 6.12. The van der Waals surface area contributed by atoms with E-state index in [1.807, 2.05) is 12.4 Å². The van der Waals surface area contributed by atoms with Crippen molar-refractivity contribution >= 4 is 0 Å². The van der Waals surface area contributed by atoms with Gasteiger partial charge in [0.2, 0.25) is 0 Å². The van der Waals surface area contributed by atoms with Gasteiger partial charge in [0.25, 0.3) is 0 Å². The number of pyridine rings is 1. The molecule has 1 N–H and O–H groups in total. The van der Waals surface area contributed by atoms with Gasteiger partial charge in [0.05, 0.1) is 0 Å². The molecule has 1 aliphatic rings. The molecule has 0 bridgehead atoms. The normalized spacial score (nSPS) is 23.8. The van der Waals surface area contributed by atoms with Crippen LogP contribution < -0.4 is 5.32 Å². The van der Waals surface area contributed by atoms with Gasteiger partial charge in [-0.15, -0.1) is 0 Å². The molecule has 1 aliphatic heterocycles. The van der Waals surface area contributed by atoms with E-state index < -0.39 is 0 Å². The Bertz CT molecular complexity index is 421. The Balaban J connectivity index is 1.75. The van der Waals surface area contributed by atoms with Gasteiger partial charge in [0, 0.05) is 25.0 Å². The fourth-order valence-corrected chi connectivity index (χ4v) is 2.56. The van der Waals surface area contributed by atoms with Crippen LogP contribution in [-0.4, -0.2) is 11.5 Å². The molecule has 0 amide bonds. The van der Waals surface area contributed by atoms with E-state index in [4.69, 9.17) is 0 Å². The maximum Gasteiger partial charge on any atom is 0.0326 e. The summed E-state index contributed by atoms with van der Waals surface area (Å²) in [6.07, 6.45) is 4.93. The molecule has 1 saturated heterocycles. The molecule has 2 atom stereocenters. The molecule has 0 radical (unpaired) electrons. The van der Waals surface area contributed by atoms with Crippen LogP contribution in [0.4, 0.5) is 0 Å². The molecule has 0 saturated carbocycles. The molecule has 86 valence electrons. The predicted octanol–water partition coefficient (Wildman–Crippen LogP) is 2.90. The minimum absolute atomic E-state index is 0.495. The Hall–Kier alpha value is -1.67. The summed E-state index contributed by atoms with van der Waals surface area (Å²) < 4.78 is 0. The summed E-state index contributed by atoms with van der Waals surface area (Å²) in [4.78, 5) is 4.07. The van der Waals surface area contributed by atoms with Gasteiger partial charge >= 0.3 is 0 Å². The van der Waals surface area contributed by atoms with E-state index in [0.29, 0.717) is 12.0 Å². The average Bonchev–Trinajstić information content (AvgIpc) is 2.90. The molecule has 2 heteroatoms. The topological polar surface area (TPSA) is 24.9 Å². The third kappa shape index (κ3) is 2.22. The molecule has 2 unspecified atom stereocenters. The summed E-state index contributed by atoms with van der Waals surface area (Å²) in [6, 6.07) is 15.4. The van der Waals surface area contributed by atoms with Crippen molar-refractivity contribution in [1.29, 1.82) is 0 Å². The molecule has 2 heterocycles. The molecule has 0 spiro atoms. The highest BCUT2D eigenvalue weighted by Gasteiger charge is 2.25. The maximum absolute atomic E-state index is 4.07. The van der Waals surface area contributed by atoms with E-state index in [0.717, 1.165) is 6.54 Å². The van der Waals surface area contributed by atoms with Crippen molar-refractivity contribution in [2.45, 2.75) is 18.4 Å². The molecule has 2 nitrogen and oxygen atoms in total. The van der Waals surface area contributed by atoms with E-state index in [9.17, 15) is 0 Å². The van der Waals surface area contributed by atoms with Gasteiger partial charge in [0.15, 0.2) is 0 Å². The van der Waals surface area contributed by atoms with Gasteiger partial charge in [-0.1, -0.05) is 30.3 Å². The summed E-state index contributed by atoms with van der Waals surface area (Å²) in [7, 11) is 0. The van der Waals surface area contributed by atoms with Crippen molar-refractivity contribution in [2.75, 3.05) is 6.54 Å². The predicted molar refractivity (Wildman–Crippen MR) is 68.8 cm³/mol. The number of hydrogen-bond acceptors (Lipinski definition) is 2. The molecule has 0 aliphatic carbocycles. The Kier molecular flexibility index (Phi) is 2.88. The van der Waals surface area contributed by atoms with Crippen LogP contribution in [0.5, 0.6) is 0 Å². The highest BCUT2D eigenvalue weighted by molar-refractivity contribution is 5.24. The van der Waals surface area contributed by atoms with E-state index in [1.54, 1.807) is 0 Å². The van der Waals surface area contributed by atoms with E-state index in [1.165, 1.54) is 17.5 Å². The van der Waals surface area contributed by atoms with Gasteiger partial charge in [-0.2, -0.15) is 0 Å². The van der Waals surface area contributed by atoms with Crippen molar-refractivity contribution in [3.8, 4) is 0 Å². The second kappa shape index (κ2) is 4.68. The Morgan fingerprint density at radius 2 is 1.71 bits per heavy atom. The third-order valence-electron chi connectivity index (χ3n) is 3.51. The fourth-order valence-electron chi connectivity index (χ4n) is 2.56. The third-order valence-corrected chi connectivity index (χ3v) is 3.51. The van der Waals surface area contributed by atoms with Crippen LogP contribution in [0.2, 0.25) is 0 Å². The van der Waals surface area contributed by atoms with Crippen molar-refractivity contribution in [3.63, 3.8) is 0 Å². The summed E-state index contributed by atoms with van der Waals surface area (Å²) in [5, 5.41) is 3.60. The zero-order valence-electron chi connectivity index (χ0n) is 9.71. The summed E-state index contributed by atoms with van der Waals surface area (Å²) in [6.45, 7) is 1.06. The highest BCUT2D eigenvalue weighted by atomic mass is 14.9. The van der Waals surface area contributed by atoms with E-state index in [2.05, 4.69) is 52.8 Å². The summed E-state index contributed by atoms with van der Waals surface area (Å²) >= 11 is 0. The molecule has 1 aromatic heterocycles. The fraction of sp³-hybridized carbons (Fsp3) is 0.267. The van der Waals surface area contributed by atoms with Crippen LogP contribution >= 0.6 is 0 Å². The number of aromatic nitrogens is 1. The number of benzene rings is 1. The molecule has 1 fully saturated rings. The quantitative estimate of drug-likeness (QED) is 0.848. The lowest BCUT2D eigenvalue weighted by Gasteiger charge is -2.11. The largest absolute Gasteiger partial charge is 0.309 e. The van der Waals surface area contributed by atoms with Gasteiger partial charge in [0.1, 0.15) is 0 Å². The first-order valence-corrected chi connectivity index (χ1v) is 6.12. The van der Waals surface area contributed by atoms with Crippen molar-refractivity contribution in [1.82, 2.24) is 10.3 Å². The summed E-state index contributed by atoms with van der Waals surface area (Å²) in [5.74, 6) is 0.614. The lowest BCUT2D eigenvalue weighted by molar-refractivity contribution is 0.641. The Labute approximate surface area is 102 Å². The van der Waals surface area contributed by atoms with Crippen LogP contribution in [0.25, 0.3) is 0 Å². The molecule has 17 heavy (non-hydrogen) atoms. The first-order chi connectivity index (χ1) is 8.43. The number of nitrogens with zero attached hydrogens (tertiary/aromatic N) is 1. The van der Waals surface area contributed by atoms with Crippen LogP contribution in [0, 0.1) is 0 Å². The van der Waals surface area contributed by atoms with Crippen LogP contribution in [-0.2, 0) is 0 Å². The number of rotatable bonds is 2. The highest BCUT2D eigenvalue weighted by Crippen LogP contribution is 2.33. The van der Waals surface area contributed by atoms with Gasteiger partial charge in [-0.05, 0) is 35.6 Å². The van der Waals surface area contributed by atoms with Crippen molar-refractivity contribution < 1.29 is 0 Å². The molecular weight excluding hydrogens is 208 g/mol. The van der Waals surface area contributed by atoms with Crippen LogP contribution in [0.1, 0.15) is 29.5 Å².